The molecule has 1 N–H and O–H groups in total. The van der Waals surface area contributed by atoms with E-state index in [0.717, 1.165) is 37.3 Å². The Balaban J connectivity index is 1.43. The number of carbonyl (C=O) groups excluding carboxylic acids is 1. The first-order valence-corrected chi connectivity index (χ1v) is 7.96. The number of carbonyl (C=O) groups is 1. The van der Waals surface area contributed by atoms with Gasteiger partial charge in [-0.1, -0.05) is 6.58 Å². The Morgan fingerprint density at radius 1 is 1.17 bits per heavy atom. The molecule has 2 fully saturated rings. The molecule has 0 aromatic carbocycles. The van der Waals surface area contributed by atoms with E-state index in [4.69, 9.17) is 0 Å². The molecule has 4 rings (SSSR count). The fourth-order valence-corrected chi connectivity index (χ4v) is 3.11. The molecule has 1 aliphatic carbocycles. The van der Waals surface area contributed by atoms with Gasteiger partial charge in [0.05, 0.1) is 5.56 Å². The third-order valence-corrected chi connectivity index (χ3v) is 4.85. The molecule has 0 bridgehead atoms. The first-order valence-electron chi connectivity index (χ1n) is 7.96. The fraction of sp³-hybridized carbons (Fsp3) is 0.412. The number of imidazole rings is 1. The van der Waals surface area contributed by atoms with E-state index in [2.05, 4.69) is 16.5 Å². The summed E-state index contributed by atoms with van der Waals surface area (Å²) in [5, 5.41) is 10.2. The van der Waals surface area contributed by atoms with Gasteiger partial charge in [-0.2, -0.15) is 0 Å². The van der Waals surface area contributed by atoms with Crippen LogP contribution in [0.25, 0.3) is 5.65 Å². The molecule has 1 saturated heterocycles. The van der Waals surface area contributed by atoms with E-state index in [-0.39, 0.29) is 5.91 Å². The van der Waals surface area contributed by atoms with Crippen LogP contribution in [0.5, 0.6) is 0 Å². The fourth-order valence-electron chi connectivity index (χ4n) is 3.11. The number of hydrogen-bond acceptors (Lipinski definition) is 4. The van der Waals surface area contributed by atoms with E-state index >= 15 is 0 Å². The summed E-state index contributed by atoms with van der Waals surface area (Å²) in [6, 6.07) is 3.68. The van der Waals surface area contributed by atoms with E-state index in [0.29, 0.717) is 18.7 Å². The maximum atomic E-state index is 12.7. The lowest BCUT2D eigenvalue weighted by atomic mass is 10.1. The van der Waals surface area contributed by atoms with Crippen molar-refractivity contribution in [1.29, 1.82) is 0 Å². The molecular weight excluding hydrogens is 292 g/mol. The monoisotopic (exact) mass is 312 g/mol. The van der Waals surface area contributed by atoms with Crippen molar-refractivity contribution in [3.8, 4) is 0 Å². The topological polar surface area (TPSA) is 61.1 Å². The molecule has 6 heteroatoms. The van der Waals surface area contributed by atoms with Gasteiger partial charge in [0.2, 0.25) is 0 Å². The van der Waals surface area contributed by atoms with Crippen LogP contribution in [-0.4, -0.2) is 62.0 Å². The predicted molar refractivity (Wildman–Crippen MR) is 86.0 cm³/mol. The number of aromatic nitrogens is 2. The second-order valence-corrected chi connectivity index (χ2v) is 6.37. The minimum atomic E-state index is -0.682. The molecule has 0 radical (unpaired) electrons. The van der Waals surface area contributed by atoms with Crippen LogP contribution in [0.2, 0.25) is 0 Å². The lowest BCUT2D eigenvalue weighted by molar-refractivity contribution is 0.0622. The van der Waals surface area contributed by atoms with Crippen LogP contribution in [0.4, 0.5) is 0 Å². The molecule has 6 nitrogen and oxygen atoms in total. The zero-order valence-corrected chi connectivity index (χ0v) is 13.0. The van der Waals surface area contributed by atoms with Crippen LogP contribution < -0.4 is 0 Å². The van der Waals surface area contributed by atoms with Crippen LogP contribution in [-0.2, 0) is 0 Å². The van der Waals surface area contributed by atoms with Gasteiger partial charge in [0, 0.05) is 50.5 Å². The number of aliphatic hydroxyl groups is 1. The third kappa shape index (κ3) is 2.49. The molecule has 1 amide bonds. The van der Waals surface area contributed by atoms with Crippen molar-refractivity contribution in [1.82, 2.24) is 19.2 Å². The van der Waals surface area contributed by atoms with Crippen molar-refractivity contribution < 1.29 is 9.90 Å². The maximum Gasteiger partial charge on any atom is 0.255 e. The second-order valence-electron chi connectivity index (χ2n) is 6.37. The zero-order chi connectivity index (χ0) is 16.0. The molecular formula is C17H20N4O2. The van der Waals surface area contributed by atoms with Gasteiger partial charge in [-0.05, 0) is 25.0 Å². The van der Waals surface area contributed by atoms with E-state index in [1.807, 2.05) is 33.8 Å². The third-order valence-electron chi connectivity index (χ3n) is 4.85. The second kappa shape index (κ2) is 5.09. The molecule has 0 atom stereocenters. The highest BCUT2D eigenvalue weighted by atomic mass is 16.3. The van der Waals surface area contributed by atoms with Gasteiger partial charge in [0.1, 0.15) is 11.2 Å². The summed E-state index contributed by atoms with van der Waals surface area (Å²) in [6.45, 7) is 6.77. The summed E-state index contributed by atoms with van der Waals surface area (Å²) >= 11 is 0. The smallest absolute Gasteiger partial charge is 0.255 e. The highest BCUT2D eigenvalue weighted by molar-refractivity contribution is 5.94. The molecule has 1 aliphatic heterocycles. The van der Waals surface area contributed by atoms with Crippen molar-refractivity contribution in [3.05, 3.63) is 48.6 Å². The average Bonchev–Trinajstić information content (AvgIpc) is 3.16. The van der Waals surface area contributed by atoms with Crippen LogP contribution in [0.15, 0.2) is 43.0 Å². The van der Waals surface area contributed by atoms with Crippen LogP contribution >= 0.6 is 0 Å². The van der Waals surface area contributed by atoms with Gasteiger partial charge >= 0.3 is 0 Å². The van der Waals surface area contributed by atoms with E-state index in [9.17, 15) is 9.90 Å². The van der Waals surface area contributed by atoms with Crippen molar-refractivity contribution in [3.63, 3.8) is 0 Å². The van der Waals surface area contributed by atoms with Crippen molar-refractivity contribution in [2.24, 2.45) is 0 Å². The summed E-state index contributed by atoms with van der Waals surface area (Å²) in [5.41, 5.74) is 1.63. The quantitative estimate of drug-likeness (QED) is 0.923. The minimum Gasteiger partial charge on any atom is -0.384 e. The number of pyridine rings is 1. The van der Waals surface area contributed by atoms with Crippen molar-refractivity contribution >= 4 is 11.6 Å². The number of nitrogens with zero attached hydrogens (tertiary/aromatic N) is 4. The Labute approximate surface area is 134 Å². The number of hydrogen-bond donors (Lipinski definition) is 1. The molecule has 0 unspecified atom stereocenters. The average molecular weight is 312 g/mol. The Morgan fingerprint density at radius 2 is 1.87 bits per heavy atom. The van der Waals surface area contributed by atoms with Crippen LogP contribution in [0, 0.1) is 0 Å². The summed E-state index contributed by atoms with van der Waals surface area (Å²) in [7, 11) is 0. The maximum absolute atomic E-state index is 12.7. The van der Waals surface area contributed by atoms with Gasteiger partial charge in [-0.15, -0.1) is 0 Å². The van der Waals surface area contributed by atoms with Gasteiger partial charge in [0.25, 0.3) is 5.91 Å². The van der Waals surface area contributed by atoms with Gasteiger partial charge in [-0.3, -0.25) is 4.79 Å². The lowest BCUT2D eigenvalue weighted by Crippen LogP contribution is -2.49. The molecule has 3 heterocycles. The SMILES string of the molecule is C=C(N1CCN(C(=O)c2ccc3nccn3c2)CC1)C1(O)CC1. The number of rotatable bonds is 3. The van der Waals surface area contributed by atoms with E-state index in [1.54, 1.807) is 6.20 Å². The number of amides is 1. The molecule has 2 aromatic heterocycles. The summed E-state index contributed by atoms with van der Waals surface area (Å²) in [6.07, 6.45) is 6.98. The molecule has 2 aliphatic rings. The van der Waals surface area contributed by atoms with Crippen molar-refractivity contribution in [2.45, 2.75) is 18.4 Å². The molecule has 120 valence electrons. The highest BCUT2D eigenvalue weighted by Gasteiger charge is 2.45. The van der Waals surface area contributed by atoms with Gasteiger partial charge in [-0.25, -0.2) is 4.98 Å². The Morgan fingerprint density at radius 3 is 2.57 bits per heavy atom. The number of piperazine rings is 1. The van der Waals surface area contributed by atoms with E-state index in [1.165, 1.54) is 0 Å². The normalized spacial score (nSPS) is 19.9. The molecule has 2 aromatic rings. The van der Waals surface area contributed by atoms with Crippen LogP contribution in [0.1, 0.15) is 23.2 Å². The molecule has 0 spiro atoms. The molecule has 1 saturated carbocycles. The van der Waals surface area contributed by atoms with Gasteiger partial charge < -0.3 is 19.3 Å². The standard InChI is InChI=1S/C17H20N4O2/c1-13(17(23)4-5-17)19-8-10-20(11-9-19)16(22)14-2-3-15-18-6-7-21(15)12-14/h2-3,6-7,12,23H,1,4-5,8-11H2. The summed E-state index contributed by atoms with van der Waals surface area (Å²) < 4.78 is 1.86. The largest absolute Gasteiger partial charge is 0.384 e. The lowest BCUT2D eigenvalue weighted by Gasteiger charge is -2.38. The van der Waals surface area contributed by atoms with Crippen molar-refractivity contribution in [2.75, 3.05) is 26.2 Å². The predicted octanol–water partition coefficient (Wildman–Crippen LogP) is 1.13. The Bertz CT molecular complexity index is 770. The molecule has 23 heavy (non-hydrogen) atoms. The van der Waals surface area contributed by atoms with E-state index < -0.39 is 5.60 Å². The van der Waals surface area contributed by atoms with Gasteiger partial charge in [0.15, 0.2) is 0 Å². The van der Waals surface area contributed by atoms with Crippen LogP contribution in [0.3, 0.4) is 0 Å². The highest BCUT2D eigenvalue weighted by Crippen LogP contribution is 2.42. The number of fused-ring (bicyclic) bond motifs is 1. The summed E-state index contributed by atoms with van der Waals surface area (Å²) in [5.74, 6) is 0.0380. The minimum absolute atomic E-state index is 0.0380. The zero-order valence-electron chi connectivity index (χ0n) is 13.0. The first-order chi connectivity index (χ1) is 11.1. The Kier molecular flexibility index (Phi) is 3.16. The Hall–Kier alpha value is -2.34. The summed E-state index contributed by atoms with van der Waals surface area (Å²) in [4.78, 5) is 20.8. The first kappa shape index (κ1) is 14.3.